The molecule has 0 aliphatic rings. The van der Waals surface area contributed by atoms with Crippen molar-refractivity contribution >= 4 is 5.78 Å². The highest BCUT2D eigenvalue weighted by Crippen LogP contribution is 2.21. The van der Waals surface area contributed by atoms with E-state index in [0.29, 0.717) is 5.69 Å². The first-order valence-electron chi connectivity index (χ1n) is 5.74. The van der Waals surface area contributed by atoms with Crippen LogP contribution in [0.3, 0.4) is 0 Å². The van der Waals surface area contributed by atoms with Gasteiger partial charge >= 0.3 is 0 Å². The fourth-order valence-electron chi connectivity index (χ4n) is 1.78. The second kappa shape index (κ2) is 5.40. The number of pyridine rings is 1. The van der Waals surface area contributed by atoms with Crippen molar-refractivity contribution in [1.29, 1.82) is 5.26 Å². The van der Waals surface area contributed by atoms with Crippen LogP contribution in [-0.4, -0.2) is 10.8 Å². The lowest BCUT2D eigenvalue weighted by Crippen LogP contribution is -2.14. The zero-order valence-corrected chi connectivity index (χ0v) is 10.3. The van der Waals surface area contributed by atoms with Gasteiger partial charge in [-0.15, -0.1) is 0 Å². The van der Waals surface area contributed by atoms with Crippen molar-refractivity contribution in [1.82, 2.24) is 4.98 Å². The molecule has 3 nitrogen and oxygen atoms in total. The minimum Gasteiger partial charge on any atom is -0.292 e. The van der Waals surface area contributed by atoms with Gasteiger partial charge < -0.3 is 0 Å². The maximum absolute atomic E-state index is 13.8. The second-order valence-corrected chi connectivity index (χ2v) is 4.16. The fraction of sp³-hybridized carbons (Fsp3) is 0.133. The number of carbonyl (C=O) groups excluding carboxylic acids is 1. The number of hydrogen-bond donors (Lipinski definition) is 0. The summed E-state index contributed by atoms with van der Waals surface area (Å²) in [4.78, 5) is 16.2. The van der Waals surface area contributed by atoms with Gasteiger partial charge in [0.25, 0.3) is 0 Å². The van der Waals surface area contributed by atoms with E-state index in [-0.39, 0.29) is 5.56 Å². The smallest absolute Gasteiger partial charge is 0.189 e. The zero-order valence-electron chi connectivity index (χ0n) is 10.3. The van der Waals surface area contributed by atoms with Crippen LogP contribution >= 0.6 is 0 Å². The van der Waals surface area contributed by atoms with Crippen LogP contribution in [0, 0.1) is 24.1 Å². The first kappa shape index (κ1) is 12.9. The summed E-state index contributed by atoms with van der Waals surface area (Å²) >= 11 is 0. The molecule has 94 valence electrons. The molecule has 1 unspecified atom stereocenters. The van der Waals surface area contributed by atoms with Crippen LogP contribution < -0.4 is 0 Å². The molecule has 0 bridgehead atoms. The first-order chi connectivity index (χ1) is 9.13. The summed E-state index contributed by atoms with van der Waals surface area (Å²) in [7, 11) is 0. The first-order valence-corrected chi connectivity index (χ1v) is 5.74. The molecule has 1 aromatic carbocycles. The molecule has 0 fully saturated rings. The molecule has 0 radical (unpaired) electrons. The number of benzene rings is 1. The summed E-state index contributed by atoms with van der Waals surface area (Å²) in [6.07, 6.45) is 1.50. The van der Waals surface area contributed by atoms with E-state index in [0.717, 1.165) is 5.56 Å². The fourth-order valence-corrected chi connectivity index (χ4v) is 1.78. The molecule has 1 heterocycles. The maximum atomic E-state index is 13.8. The summed E-state index contributed by atoms with van der Waals surface area (Å²) in [5.41, 5.74) is 0.971. The molecule has 19 heavy (non-hydrogen) atoms. The van der Waals surface area contributed by atoms with E-state index in [2.05, 4.69) is 4.98 Å². The molecular formula is C15H11FN2O. The Labute approximate surface area is 110 Å². The highest BCUT2D eigenvalue weighted by atomic mass is 19.1. The summed E-state index contributed by atoms with van der Waals surface area (Å²) in [6.45, 7) is 1.73. The highest BCUT2D eigenvalue weighted by Gasteiger charge is 2.25. The molecule has 1 atom stereocenters. The number of rotatable bonds is 3. The lowest BCUT2D eigenvalue weighted by atomic mass is 9.94. The number of ketones is 1. The topological polar surface area (TPSA) is 53.8 Å². The van der Waals surface area contributed by atoms with Crippen LogP contribution in [0.4, 0.5) is 4.39 Å². The van der Waals surface area contributed by atoms with Gasteiger partial charge in [-0.05, 0) is 36.8 Å². The van der Waals surface area contributed by atoms with Gasteiger partial charge in [0, 0.05) is 6.20 Å². The number of nitriles is 1. The Balaban J connectivity index is 2.40. The zero-order chi connectivity index (χ0) is 13.8. The maximum Gasteiger partial charge on any atom is 0.189 e. The molecule has 0 saturated heterocycles. The number of carbonyl (C=O) groups is 1. The van der Waals surface area contributed by atoms with Crippen molar-refractivity contribution in [2.75, 3.05) is 0 Å². The van der Waals surface area contributed by atoms with Gasteiger partial charge in [-0.25, -0.2) is 4.39 Å². The van der Waals surface area contributed by atoms with Gasteiger partial charge in [0.05, 0.1) is 17.3 Å². The molecule has 0 amide bonds. The number of hydrogen-bond acceptors (Lipinski definition) is 3. The monoisotopic (exact) mass is 254 g/mol. The molecule has 0 N–H and O–H groups in total. The summed E-state index contributed by atoms with van der Waals surface area (Å²) in [5, 5.41) is 9.12. The van der Waals surface area contributed by atoms with Gasteiger partial charge in [-0.3, -0.25) is 9.78 Å². The molecule has 4 heteroatoms. The van der Waals surface area contributed by atoms with Crippen molar-refractivity contribution in [3.05, 3.63) is 65.2 Å². The number of Topliss-reactive ketones (excluding diaryl/α,β-unsaturated/α-hetero) is 1. The van der Waals surface area contributed by atoms with Crippen molar-refractivity contribution in [3.63, 3.8) is 0 Å². The van der Waals surface area contributed by atoms with Gasteiger partial charge in [0.1, 0.15) is 5.82 Å². The van der Waals surface area contributed by atoms with Crippen LogP contribution in [0.1, 0.15) is 27.5 Å². The van der Waals surface area contributed by atoms with Crippen molar-refractivity contribution in [2.24, 2.45) is 0 Å². The predicted octanol–water partition coefficient (Wildman–Crippen LogP) is 3.02. The van der Waals surface area contributed by atoms with E-state index >= 15 is 0 Å². The van der Waals surface area contributed by atoms with Crippen molar-refractivity contribution in [3.8, 4) is 6.07 Å². The van der Waals surface area contributed by atoms with Gasteiger partial charge in [-0.2, -0.15) is 5.26 Å². The summed E-state index contributed by atoms with van der Waals surface area (Å²) < 4.78 is 13.8. The van der Waals surface area contributed by atoms with Crippen molar-refractivity contribution in [2.45, 2.75) is 12.8 Å². The third kappa shape index (κ3) is 2.66. The predicted molar refractivity (Wildman–Crippen MR) is 68.1 cm³/mol. The van der Waals surface area contributed by atoms with Crippen LogP contribution in [0.5, 0.6) is 0 Å². The summed E-state index contributed by atoms with van der Waals surface area (Å²) in [5.74, 6) is -2.27. The molecule has 2 aromatic rings. The van der Waals surface area contributed by atoms with E-state index in [1.165, 1.54) is 18.3 Å². The normalized spacial score (nSPS) is 11.6. The Hall–Kier alpha value is -2.54. The third-order valence-electron chi connectivity index (χ3n) is 2.76. The minimum atomic E-state index is -1.08. The summed E-state index contributed by atoms with van der Waals surface area (Å²) in [6, 6.07) is 11.2. The average molecular weight is 254 g/mol. The standard InChI is InChI=1S/C15H11FN2O/c1-10-5-6-11(13(16)8-10)15(19)12(9-17)14-4-2-3-7-18-14/h2-8,12H,1H3. The molecule has 0 aliphatic carbocycles. The van der Waals surface area contributed by atoms with Gasteiger partial charge in [-0.1, -0.05) is 12.1 Å². The quantitative estimate of drug-likeness (QED) is 0.791. The SMILES string of the molecule is Cc1ccc(C(=O)C(C#N)c2ccccn2)c(F)c1. The average Bonchev–Trinajstić information content (AvgIpc) is 2.40. The third-order valence-corrected chi connectivity index (χ3v) is 2.76. The Morgan fingerprint density at radius 1 is 1.37 bits per heavy atom. The number of aryl methyl sites for hydroxylation is 1. The molecular weight excluding hydrogens is 243 g/mol. The second-order valence-electron chi connectivity index (χ2n) is 4.16. The number of nitrogens with zero attached hydrogens (tertiary/aromatic N) is 2. The minimum absolute atomic E-state index is 0.0807. The Morgan fingerprint density at radius 3 is 2.74 bits per heavy atom. The van der Waals surface area contributed by atoms with Gasteiger partial charge in [0.2, 0.25) is 0 Å². The van der Waals surface area contributed by atoms with E-state index in [1.54, 1.807) is 31.2 Å². The van der Waals surface area contributed by atoms with Gasteiger partial charge in [0.15, 0.2) is 11.7 Å². The van der Waals surface area contributed by atoms with E-state index in [9.17, 15) is 9.18 Å². The Morgan fingerprint density at radius 2 is 2.16 bits per heavy atom. The number of halogens is 1. The van der Waals surface area contributed by atoms with Crippen LogP contribution in [0.2, 0.25) is 0 Å². The number of aromatic nitrogens is 1. The molecule has 0 saturated carbocycles. The highest BCUT2D eigenvalue weighted by molar-refractivity contribution is 6.02. The van der Waals surface area contributed by atoms with E-state index < -0.39 is 17.5 Å². The molecule has 0 spiro atoms. The van der Waals surface area contributed by atoms with E-state index in [4.69, 9.17) is 5.26 Å². The molecule has 2 rings (SSSR count). The Kier molecular flexibility index (Phi) is 3.67. The van der Waals surface area contributed by atoms with E-state index in [1.807, 2.05) is 6.07 Å². The largest absolute Gasteiger partial charge is 0.292 e. The molecule has 1 aromatic heterocycles. The van der Waals surface area contributed by atoms with Crippen LogP contribution in [0.15, 0.2) is 42.6 Å². The van der Waals surface area contributed by atoms with Crippen LogP contribution in [0.25, 0.3) is 0 Å². The van der Waals surface area contributed by atoms with Crippen LogP contribution in [-0.2, 0) is 0 Å². The Bertz CT molecular complexity index is 647. The lowest BCUT2D eigenvalue weighted by molar-refractivity contribution is 0.0973. The lowest BCUT2D eigenvalue weighted by Gasteiger charge is -2.08. The molecule has 0 aliphatic heterocycles. The van der Waals surface area contributed by atoms with Crippen molar-refractivity contribution < 1.29 is 9.18 Å².